The number of aryl methyl sites for hydroxylation is 1. The van der Waals surface area contributed by atoms with Gasteiger partial charge in [0.15, 0.2) is 17.1 Å². The van der Waals surface area contributed by atoms with Crippen LogP contribution in [-0.4, -0.2) is 27.5 Å². The van der Waals surface area contributed by atoms with Crippen LogP contribution in [0.5, 0.6) is 11.5 Å². The molecule has 2 aliphatic rings. The van der Waals surface area contributed by atoms with Gasteiger partial charge in [-0.25, -0.2) is 9.67 Å². The maximum absolute atomic E-state index is 14.6. The molecule has 1 unspecified atom stereocenters. The van der Waals surface area contributed by atoms with Gasteiger partial charge < -0.3 is 9.47 Å². The Kier molecular flexibility index (Phi) is 5.18. The van der Waals surface area contributed by atoms with Gasteiger partial charge in [-0.15, -0.1) is 0 Å². The standard InChI is InChI=1S/C34H24N4O3/c1-21-28-29-30(31(22-11-5-2-6-12-22)35-33(28)38(36-21)25-15-9-4-10-16-25)34(39)37(24-13-7-3-8-14-24)32(29)23-17-18-26-27(19-23)41-20-40-26/h2-19,32H,20H2,1H3. The van der Waals surface area contributed by atoms with Crippen LogP contribution in [0.4, 0.5) is 5.69 Å². The van der Waals surface area contributed by atoms with Gasteiger partial charge >= 0.3 is 0 Å². The molecule has 198 valence electrons. The van der Waals surface area contributed by atoms with Crippen LogP contribution >= 0.6 is 0 Å². The number of anilines is 1. The highest BCUT2D eigenvalue weighted by Gasteiger charge is 2.44. The molecule has 0 fully saturated rings. The van der Waals surface area contributed by atoms with Crippen molar-refractivity contribution >= 4 is 22.6 Å². The number of ether oxygens (including phenoxy) is 2. The highest BCUT2D eigenvalue weighted by atomic mass is 16.7. The van der Waals surface area contributed by atoms with Crippen molar-refractivity contribution in [2.45, 2.75) is 13.0 Å². The van der Waals surface area contributed by atoms with Crippen molar-refractivity contribution in [2.75, 3.05) is 11.7 Å². The molecular weight excluding hydrogens is 512 g/mol. The minimum absolute atomic E-state index is 0.103. The number of hydrogen-bond donors (Lipinski definition) is 0. The van der Waals surface area contributed by atoms with Crippen molar-refractivity contribution in [3.05, 3.63) is 132 Å². The second-order valence-corrected chi connectivity index (χ2v) is 10.2. The van der Waals surface area contributed by atoms with Gasteiger partial charge in [0.05, 0.1) is 28.7 Å². The van der Waals surface area contributed by atoms with E-state index in [0.717, 1.165) is 39.1 Å². The molecule has 0 N–H and O–H groups in total. The summed E-state index contributed by atoms with van der Waals surface area (Å²) in [5, 5.41) is 5.83. The van der Waals surface area contributed by atoms with Crippen LogP contribution in [0.3, 0.4) is 0 Å². The summed E-state index contributed by atoms with van der Waals surface area (Å²) in [5.74, 6) is 1.26. The normalized spacial score (nSPS) is 15.5. The van der Waals surface area contributed by atoms with Crippen molar-refractivity contribution in [2.24, 2.45) is 0 Å². The number of pyridine rings is 1. The van der Waals surface area contributed by atoms with E-state index in [1.54, 1.807) is 0 Å². The number of carbonyl (C=O) groups excluding carboxylic acids is 1. The van der Waals surface area contributed by atoms with E-state index in [2.05, 4.69) is 0 Å². The minimum Gasteiger partial charge on any atom is -0.454 e. The van der Waals surface area contributed by atoms with Crippen LogP contribution in [-0.2, 0) is 0 Å². The van der Waals surface area contributed by atoms with E-state index in [-0.39, 0.29) is 12.7 Å². The van der Waals surface area contributed by atoms with E-state index >= 15 is 0 Å². The molecule has 8 rings (SSSR count). The molecule has 0 radical (unpaired) electrons. The minimum atomic E-state index is -0.436. The van der Waals surface area contributed by atoms with Gasteiger partial charge in [-0.2, -0.15) is 5.10 Å². The van der Waals surface area contributed by atoms with E-state index in [1.165, 1.54) is 0 Å². The molecule has 1 amide bonds. The summed E-state index contributed by atoms with van der Waals surface area (Å²) >= 11 is 0. The molecule has 4 heterocycles. The van der Waals surface area contributed by atoms with Crippen LogP contribution < -0.4 is 14.4 Å². The Morgan fingerprint density at radius 2 is 1.44 bits per heavy atom. The number of hydrogen-bond acceptors (Lipinski definition) is 5. The molecule has 4 aromatic carbocycles. The Morgan fingerprint density at radius 1 is 0.780 bits per heavy atom. The lowest BCUT2D eigenvalue weighted by molar-refractivity contribution is 0.0994. The molecule has 0 saturated carbocycles. The molecule has 0 aliphatic carbocycles. The van der Waals surface area contributed by atoms with E-state index in [0.29, 0.717) is 28.4 Å². The highest BCUT2D eigenvalue weighted by Crippen LogP contribution is 2.49. The quantitative estimate of drug-likeness (QED) is 0.246. The van der Waals surface area contributed by atoms with E-state index in [1.807, 2.05) is 126 Å². The largest absolute Gasteiger partial charge is 0.454 e. The fraction of sp³-hybridized carbons (Fsp3) is 0.0882. The third kappa shape index (κ3) is 3.55. The molecule has 2 aromatic heterocycles. The first-order valence-electron chi connectivity index (χ1n) is 13.5. The number of carbonyl (C=O) groups is 1. The third-order valence-electron chi connectivity index (χ3n) is 7.79. The Balaban J connectivity index is 1.49. The molecule has 0 spiro atoms. The van der Waals surface area contributed by atoms with Gasteiger partial charge in [0.25, 0.3) is 5.91 Å². The number of fused-ring (bicyclic) bond motifs is 4. The first kappa shape index (κ1) is 23.5. The summed E-state index contributed by atoms with van der Waals surface area (Å²) < 4.78 is 13.3. The Bertz CT molecular complexity index is 1950. The Hall–Kier alpha value is -5.43. The van der Waals surface area contributed by atoms with Gasteiger partial charge in [0, 0.05) is 22.2 Å². The zero-order valence-corrected chi connectivity index (χ0v) is 22.2. The van der Waals surface area contributed by atoms with Crippen molar-refractivity contribution in [3.8, 4) is 28.4 Å². The molecule has 41 heavy (non-hydrogen) atoms. The molecule has 7 heteroatoms. The van der Waals surface area contributed by atoms with E-state index in [9.17, 15) is 4.79 Å². The number of rotatable bonds is 4. The zero-order chi connectivity index (χ0) is 27.5. The summed E-state index contributed by atoms with van der Waals surface area (Å²) in [4.78, 5) is 21.7. The van der Waals surface area contributed by atoms with Gasteiger partial charge in [-0.05, 0) is 48.9 Å². The Labute approximate surface area is 236 Å². The molecule has 6 aromatic rings. The maximum atomic E-state index is 14.6. The average Bonchev–Trinajstić information content (AvgIpc) is 3.71. The summed E-state index contributed by atoms with van der Waals surface area (Å²) in [5.41, 5.74) is 7.13. The fourth-order valence-electron chi connectivity index (χ4n) is 6.01. The molecule has 1 atom stereocenters. The number of nitrogens with zero attached hydrogens (tertiary/aromatic N) is 4. The first-order valence-corrected chi connectivity index (χ1v) is 13.5. The summed E-state index contributed by atoms with van der Waals surface area (Å²) in [6.07, 6.45) is 0. The lowest BCUT2D eigenvalue weighted by Gasteiger charge is -2.26. The summed E-state index contributed by atoms with van der Waals surface area (Å²) in [6.45, 7) is 2.16. The highest BCUT2D eigenvalue weighted by molar-refractivity contribution is 6.18. The number of amides is 1. The van der Waals surface area contributed by atoms with E-state index < -0.39 is 6.04 Å². The molecule has 7 nitrogen and oxygen atoms in total. The SMILES string of the molecule is Cc1nn(-c2ccccc2)c2nc(-c3ccccc3)c3c(c12)C(c1ccc2c(c1)OCO2)N(c1ccccc1)C3=O. The summed E-state index contributed by atoms with van der Waals surface area (Å²) in [7, 11) is 0. The fourth-order valence-corrected chi connectivity index (χ4v) is 6.01. The topological polar surface area (TPSA) is 69.5 Å². The van der Waals surface area contributed by atoms with Gasteiger partial charge in [-0.1, -0.05) is 72.8 Å². The second-order valence-electron chi connectivity index (χ2n) is 10.2. The van der Waals surface area contributed by atoms with Crippen LogP contribution in [0.2, 0.25) is 0 Å². The second kappa shape index (κ2) is 9.06. The van der Waals surface area contributed by atoms with Gasteiger partial charge in [0.2, 0.25) is 6.79 Å². The molecular formula is C34H24N4O3. The number of aromatic nitrogens is 3. The predicted octanol–water partition coefficient (Wildman–Crippen LogP) is 6.87. The average molecular weight is 537 g/mol. The number of benzene rings is 4. The van der Waals surface area contributed by atoms with Crippen LogP contribution in [0, 0.1) is 6.92 Å². The van der Waals surface area contributed by atoms with Crippen LogP contribution in [0.15, 0.2) is 109 Å². The smallest absolute Gasteiger partial charge is 0.261 e. The zero-order valence-electron chi connectivity index (χ0n) is 22.2. The van der Waals surface area contributed by atoms with Crippen LogP contribution in [0.25, 0.3) is 28.0 Å². The van der Waals surface area contributed by atoms with Gasteiger partial charge in [0.1, 0.15) is 0 Å². The Morgan fingerprint density at radius 3 is 2.17 bits per heavy atom. The molecule has 0 bridgehead atoms. The molecule has 2 aliphatic heterocycles. The maximum Gasteiger partial charge on any atom is 0.261 e. The molecule has 0 saturated heterocycles. The monoisotopic (exact) mass is 536 g/mol. The van der Waals surface area contributed by atoms with Crippen LogP contribution in [0.1, 0.15) is 33.2 Å². The lowest BCUT2D eigenvalue weighted by atomic mass is 9.92. The van der Waals surface area contributed by atoms with Crippen molar-refractivity contribution < 1.29 is 14.3 Å². The van der Waals surface area contributed by atoms with Crippen molar-refractivity contribution in [1.82, 2.24) is 14.8 Å². The summed E-state index contributed by atoms with van der Waals surface area (Å²) in [6, 6.07) is 35.2. The van der Waals surface area contributed by atoms with E-state index in [4.69, 9.17) is 19.6 Å². The van der Waals surface area contributed by atoms with Crippen molar-refractivity contribution in [1.29, 1.82) is 0 Å². The van der Waals surface area contributed by atoms with Crippen molar-refractivity contribution in [3.63, 3.8) is 0 Å². The first-order chi connectivity index (χ1) is 20.2. The predicted molar refractivity (Wildman–Crippen MR) is 157 cm³/mol. The third-order valence-corrected chi connectivity index (χ3v) is 7.79. The lowest BCUT2D eigenvalue weighted by Crippen LogP contribution is -2.28. The number of para-hydroxylation sites is 2. The van der Waals surface area contributed by atoms with Gasteiger partial charge in [-0.3, -0.25) is 9.69 Å².